The summed E-state index contributed by atoms with van der Waals surface area (Å²) in [6, 6.07) is 1.99. The molecular weight excluding hydrogens is 212 g/mol. The lowest BCUT2D eigenvalue weighted by Crippen LogP contribution is -2.26. The van der Waals surface area contributed by atoms with E-state index in [2.05, 4.69) is 28.7 Å². The predicted octanol–water partition coefficient (Wildman–Crippen LogP) is 2.36. The van der Waals surface area contributed by atoms with Crippen molar-refractivity contribution < 1.29 is 0 Å². The van der Waals surface area contributed by atoms with Crippen molar-refractivity contribution in [2.24, 2.45) is 5.41 Å². The first-order valence-electron chi connectivity index (χ1n) is 6.08. The van der Waals surface area contributed by atoms with Crippen LogP contribution in [0.4, 0.5) is 5.82 Å². The van der Waals surface area contributed by atoms with Crippen molar-refractivity contribution in [3.05, 3.63) is 18.1 Å². The van der Waals surface area contributed by atoms with Crippen LogP contribution in [0.25, 0.3) is 0 Å². The van der Waals surface area contributed by atoms with Gasteiger partial charge in [-0.3, -0.25) is 0 Å². The van der Waals surface area contributed by atoms with Crippen molar-refractivity contribution in [1.82, 2.24) is 9.97 Å². The van der Waals surface area contributed by atoms with Gasteiger partial charge in [0.05, 0.1) is 12.4 Å². The second kappa shape index (κ2) is 4.70. The largest absolute Gasteiger partial charge is 0.355 e. The normalized spacial score (nSPS) is 19.5. The summed E-state index contributed by atoms with van der Waals surface area (Å²) < 4.78 is 0. The van der Waals surface area contributed by atoms with Gasteiger partial charge < -0.3 is 4.90 Å². The Balaban J connectivity index is 2.09. The Hall–Kier alpha value is -1.63. The van der Waals surface area contributed by atoms with E-state index in [1.54, 1.807) is 12.4 Å². The molecule has 0 aliphatic carbocycles. The van der Waals surface area contributed by atoms with Gasteiger partial charge in [-0.15, -0.1) is 0 Å². The van der Waals surface area contributed by atoms with Crippen LogP contribution in [-0.4, -0.2) is 23.1 Å². The molecule has 1 aliphatic heterocycles. The number of rotatable bonds is 1. The molecule has 0 aromatic carbocycles. The minimum absolute atomic E-state index is 0.379. The maximum absolute atomic E-state index is 8.69. The standard InChI is InChI=1S/C13H18N4/c1-13(2)4-3-6-17(7-5-13)12-10-15-11(8-14)9-16-12/h9-10H,3-7H2,1-2H3. The van der Waals surface area contributed by atoms with E-state index in [1.165, 1.54) is 19.3 Å². The molecule has 0 radical (unpaired) electrons. The average molecular weight is 230 g/mol. The Bertz CT molecular complexity index is 416. The molecule has 0 amide bonds. The number of hydrogen-bond donors (Lipinski definition) is 0. The van der Waals surface area contributed by atoms with Crippen molar-refractivity contribution in [2.75, 3.05) is 18.0 Å². The maximum Gasteiger partial charge on any atom is 0.158 e. The van der Waals surface area contributed by atoms with E-state index in [1.807, 2.05) is 6.07 Å². The zero-order valence-corrected chi connectivity index (χ0v) is 10.5. The number of nitriles is 1. The lowest BCUT2D eigenvalue weighted by Gasteiger charge is -2.23. The fraction of sp³-hybridized carbons (Fsp3) is 0.615. The molecule has 1 aromatic rings. The van der Waals surface area contributed by atoms with Crippen LogP contribution in [0.3, 0.4) is 0 Å². The second-order valence-corrected chi connectivity index (χ2v) is 5.38. The first kappa shape index (κ1) is 11.8. The predicted molar refractivity (Wildman–Crippen MR) is 66.6 cm³/mol. The zero-order valence-electron chi connectivity index (χ0n) is 10.5. The molecule has 2 rings (SSSR count). The van der Waals surface area contributed by atoms with E-state index in [4.69, 9.17) is 5.26 Å². The highest BCUT2D eigenvalue weighted by atomic mass is 15.2. The Morgan fingerprint density at radius 2 is 2.06 bits per heavy atom. The van der Waals surface area contributed by atoms with Crippen molar-refractivity contribution >= 4 is 5.82 Å². The fourth-order valence-electron chi connectivity index (χ4n) is 2.19. The van der Waals surface area contributed by atoms with Crippen LogP contribution in [0, 0.1) is 16.7 Å². The van der Waals surface area contributed by atoms with E-state index in [0.29, 0.717) is 11.1 Å². The third kappa shape index (κ3) is 2.94. The topological polar surface area (TPSA) is 52.8 Å². The van der Waals surface area contributed by atoms with E-state index in [9.17, 15) is 0 Å². The molecule has 1 aromatic heterocycles. The number of anilines is 1. The van der Waals surface area contributed by atoms with Crippen LogP contribution in [0.15, 0.2) is 12.4 Å². The lowest BCUT2D eigenvalue weighted by molar-refractivity contribution is 0.325. The van der Waals surface area contributed by atoms with Gasteiger partial charge in [-0.1, -0.05) is 13.8 Å². The summed E-state index contributed by atoms with van der Waals surface area (Å²) in [5.74, 6) is 0.890. The molecule has 17 heavy (non-hydrogen) atoms. The summed E-state index contributed by atoms with van der Waals surface area (Å²) in [7, 11) is 0. The van der Waals surface area contributed by atoms with Crippen molar-refractivity contribution in [3.8, 4) is 6.07 Å². The maximum atomic E-state index is 8.69. The number of hydrogen-bond acceptors (Lipinski definition) is 4. The summed E-state index contributed by atoms with van der Waals surface area (Å²) in [4.78, 5) is 10.6. The molecule has 4 heteroatoms. The first-order chi connectivity index (χ1) is 8.11. The molecule has 90 valence electrons. The van der Waals surface area contributed by atoms with Crippen LogP contribution < -0.4 is 4.90 Å². The molecule has 1 fully saturated rings. The summed E-state index contributed by atoms with van der Waals surface area (Å²) in [5, 5.41) is 8.69. The Morgan fingerprint density at radius 3 is 2.71 bits per heavy atom. The number of aromatic nitrogens is 2. The van der Waals surface area contributed by atoms with Gasteiger partial charge in [-0.2, -0.15) is 5.26 Å². The fourth-order valence-corrected chi connectivity index (χ4v) is 2.19. The van der Waals surface area contributed by atoms with Crippen LogP contribution in [0.2, 0.25) is 0 Å². The first-order valence-corrected chi connectivity index (χ1v) is 6.08. The third-order valence-electron chi connectivity index (χ3n) is 3.42. The smallest absolute Gasteiger partial charge is 0.158 e. The molecule has 0 spiro atoms. The summed E-state index contributed by atoms with van der Waals surface area (Å²) in [5.41, 5.74) is 0.804. The van der Waals surface area contributed by atoms with E-state index in [-0.39, 0.29) is 0 Å². The van der Waals surface area contributed by atoms with Crippen molar-refractivity contribution in [2.45, 2.75) is 33.1 Å². The van der Waals surface area contributed by atoms with Gasteiger partial charge in [0.2, 0.25) is 0 Å². The van der Waals surface area contributed by atoms with Crippen LogP contribution in [-0.2, 0) is 0 Å². The monoisotopic (exact) mass is 230 g/mol. The van der Waals surface area contributed by atoms with Crippen LogP contribution in [0.5, 0.6) is 0 Å². The van der Waals surface area contributed by atoms with Crippen LogP contribution in [0.1, 0.15) is 38.8 Å². The molecule has 0 bridgehead atoms. The summed E-state index contributed by atoms with van der Waals surface area (Å²) >= 11 is 0. The summed E-state index contributed by atoms with van der Waals surface area (Å²) in [6.45, 7) is 6.69. The minimum atomic E-state index is 0.379. The van der Waals surface area contributed by atoms with Gasteiger partial charge in [0.15, 0.2) is 5.69 Å². The highest BCUT2D eigenvalue weighted by molar-refractivity contribution is 5.37. The Morgan fingerprint density at radius 1 is 1.24 bits per heavy atom. The number of nitrogens with zero attached hydrogens (tertiary/aromatic N) is 4. The average Bonchev–Trinajstić information content (AvgIpc) is 2.50. The van der Waals surface area contributed by atoms with Crippen molar-refractivity contribution in [3.63, 3.8) is 0 Å². The molecule has 1 aliphatic rings. The molecule has 0 unspecified atom stereocenters. The van der Waals surface area contributed by atoms with Gasteiger partial charge in [-0.25, -0.2) is 9.97 Å². The van der Waals surface area contributed by atoms with E-state index in [0.717, 1.165) is 18.9 Å². The van der Waals surface area contributed by atoms with Gasteiger partial charge in [0.25, 0.3) is 0 Å². The van der Waals surface area contributed by atoms with Gasteiger partial charge in [0.1, 0.15) is 11.9 Å². The van der Waals surface area contributed by atoms with Crippen molar-refractivity contribution in [1.29, 1.82) is 5.26 Å². The summed E-state index contributed by atoms with van der Waals surface area (Å²) in [6.07, 6.45) is 6.87. The molecular formula is C13H18N4. The van der Waals surface area contributed by atoms with E-state index >= 15 is 0 Å². The minimum Gasteiger partial charge on any atom is -0.355 e. The quantitative estimate of drug-likeness (QED) is 0.743. The van der Waals surface area contributed by atoms with Crippen LogP contribution >= 0.6 is 0 Å². The highest BCUT2D eigenvalue weighted by Crippen LogP contribution is 2.30. The van der Waals surface area contributed by atoms with Gasteiger partial charge in [-0.05, 0) is 24.7 Å². The highest BCUT2D eigenvalue weighted by Gasteiger charge is 2.23. The molecule has 0 saturated carbocycles. The molecule has 0 N–H and O–H groups in total. The lowest BCUT2D eigenvalue weighted by atomic mass is 9.85. The third-order valence-corrected chi connectivity index (χ3v) is 3.42. The Labute approximate surface area is 102 Å². The molecule has 2 heterocycles. The van der Waals surface area contributed by atoms with Gasteiger partial charge in [0, 0.05) is 13.1 Å². The SMILES string of the molecule is CC1(C)CCCN(c2cnc(C#N)cn2)CC1. The van der Waals surface area contributed by atoms with Gasteiger partial charge >= 0.3 is 0 Å². The Kier molecular flexibility index (Phi) is 3.28. The zero-order chi connectivity index (χ0) is 12.3. The second-order valence-electron chi connectivity index (χ2n) is 5.38. The molecule has 1 saturated heterocycles. The van der Waals surface area contributed by atoms with E-state index < -0.39 is 0 Å². The molecule has 4 nitrogen and oxygen atoms in total. The molecule has 0 atom stereocenters.